The summed E-state index contributed by atoms with van der Waals surface area (Å²) in [6.07, 6.45) is 0. The largest absolute Gasteiger partial charge is 3.00 e. The van der Waals surface area contributed by atoms with Crippen LogP contribution in [0.15, 0.2) is 0 Å². The summed E-state index contributed by atoms with van der Waals surface area (Å²) >= 11 is 0. The molecule has 0 aliphatic heterocycles. The van der Waals surface area contributed by atoms with Crippen molar-refractivity contribution in [2.75, 3.05) is 0 Å². The Morgan fingerprint density at radius 3 is 1.00 bits per heavy atom. The molecule has 4 N–H and O–H groups in total. The van der Waals surface area contributed by atoms with Crippen molar-refractivity contribution in [3.05, 3.63) is 0 Å². The van der Waals surface area contributed by atoms with Gasteiger partial charge in [0.1, 0.15) is 0 Å². The van der Waals surface area contributed by atoms with Gasteiger partial charge < -0.3 is 30.2 Å². The molecule has 0 unspecified atom stereocenters. The SMILES string of the molecule is O.O.O=P([O-])([O-])[O-].[Cr+3]. The summed E-state index contributed by atoms with van der Waals surface area (Å²) < 4.78 is 8.55. The zero-order valence-electron chi connectivity index (χ0n) is 3.49. The molecule has 0 heterocycles. The maximum absolute atomic E-state index is 8.55. The molecule has 0 fully saturated rings. The van der Waals surface area contributed by atoms with E-state index in [0.29, 0.717) is 0 Å². The fraction of sp³-hybridized carbons (Fsp3) is 0. The van der Waals surface area contributed by atoms with E-state index in [-0.39, 0.29) is 28.3 Å². The molecule has 0 bridgehead atoms. The average Bonchev–Trinajstić information content (AvgIpc) is 0.722. The first-order valence-electron chi connectivity index (χ1n) is 0.730. The molecule has 0 saturated heterocycles. The summed E-state index contributed by atoms with van der Waals surface area (Å²) in [5.41, 5.74) is 0. The Bertz CT molecular complexity index is 54.7. The monoisotopic (exact) mass is 183 g/mol. The molecule has 51 valence electrons. The molecule has 0 amide bonds. The molecule has 0 atom stereocenters. The predicted molar refractivity (Wildman–Crippen MR) is 14.8 cm³/mol. The predicted octanol–water partition coefficient (Wildman–Crippen LogP) is -4.48. The zero-order chi connectivity index (χ0) is 4.50. The van der Waals surface area contributed by atoms with Crippen LogP contribution in [0, 0.1) is 0 Å². The summed E-state index contributed by atoms with van der Waals surface area (Å²) in [6, 6.07) is 0. The van der Waals surface area contributed by atoms with Gasteiger partial charge in [0.2, 0.25) is 0 Å². The fourth-order valence-corrected chi connectivity index (χ4v) is 0. The Labute approximate surface area is 56.1 Å². The van der Waals surface area contributed by atoms with Crippen LogP contribution in [0.4, 0.5) is 0 Å². The molecule has 0 aromatic rings. The first kappa shape index (κ1) is 23.5. The first-order valence-corrected chi connectivity index (χ1v) is 2.19. The van der Waals surface area contributed by atoms with Crippen LogP contribution in [0.3, 0.4) is 0 Å². The van der Waals surface area contributed by atoms with Gasteiger partial charge in [0.15, 0.2) is 0 Å². The molecule has 0 spiro atoms. The molecule has 8 heteroatoms. The van der Waals surface area contributed by atoms with E-state index < -0.39 is 7.82 Å². The van der Waals surface area contributed by atoms with Gasteiger partial charge in [-0.2, -0.15) is 7.82 Å². The smallest absolute Gasteiger partial charge is 0.822 e. The molecular formula is H4CrO6P. The number of hydrogen-bond donors (Lipinski definition) is 0. The summed E-state index contributed by atoms with van der Waals surface area (Å²) in [6.45, 7) is 0. The molecule has 0 aromatic carbocycles. The van der Waals surface area contributed by atoms with Crippen LogP contribution in [0.1, 0.15) is 0 Å². The molecule has 8 heavy (non-hydrogen) atoms. The first-order chi connectivity index (χ1) is 2.00. The van der Waals surface area contributed by atoms with Gasteiger partial charge in [0.25, 0.3) is 0 Å². The Morgan fingerprint density at radius 2 is 1.00 bits per heavy atom. The van der Waals surface area contributed by atoms with E-state index in [1.807, 2.05) is 0 Å². The summed E-state index contributed by atoms with van der Waals surface area (Å²) in [5, 5.41) is 0. The number of rotatable bonds is 0. The van der Waals surface area contributed by atoms with Gasteiger partial charge >= 0.3 is 17.4 Å². The maximum Gasteiger partial charge on any atom is 3.00 e. The van der Waals surface area contributed by atoms with E-state index >= 15 is 0 Å². The van der Waals surface area contributed by atoms with Crippen molar-refractivity contribution in [3.63, 3.8) is 0 Å². The average molecular weight is 183 g/mol. The van der Waals surface area contributed by atoms with Crippen molar-refractivity contribution < 1.29 is 47.6 Å². The van der Waals surface area contributed by atoms with E-state index in [9.17, 15) is 0 Å². The van der Waals surface area contributed by atoms with Crippen LogP contribution in [-0.4, -0.2) is 11.0 Å². The van der Waals surface area contributed by atoms with Gasteiger partial charge in [-0.1, -0.05) is 0 Å². The third-order valence-electron chi connectivity index (χ3n) is 0. The molecular weight excluding hydrogens is 179 g/mol. The van der Waals surface area contributed by atoms with E-state index in [2.05, 4.69) is 0 Å². The van der Waals surface area contributed by atoms with Crippen molar-refractivity contribution in [2.45, 2.75) is 0 Å². The van der Waals surface area contributed by atoms with Gasteiger partial charge in [0.05, 0.1) is 0 Å². The third-order valence-corrected chi connectivity index (χ3v) is 0. The summed E-state index contributed by atoms with van der Waals surface area (Å²) in [5.74, 6) is 0. The van der Waals surface area contributed by atoms with E-state index in [1.165, 1.54) is 0 Å². The van der Waals surface area contributed by atoms with Crippen LogP contribution in [0.2, 0.25) is 0 Å². The topological polar surface area (TPSA) is 149 Å². The second-order valence-electron chi connectivity index (χ2n) is 0.447. The van der Waals surface area contributed by atoms with Crippen LogP contribution < -0.4 is 14.7 Å². The standard InChI is InChI=1S/Cr.H3O4P.2H2O/c;1-5(2,3)4;;/h;(H3,1,2,3,4);2*1H2/q+3;;;/p-3. The quantitative estimate of drug-likeness (QED) is 0.347. The molecule has 0 rings (SSSR count). The minimum Gasteiger partial charge on any atom is -0.822 e. The summed E-state index contributed by atoms with van der Waals surface area (Å²) in [7, 11) is -5.39. The molecule has 0 aliphatic rings. The fourth-order valence-electron chi connectivity index (χ4n) is 0. The van der Waals surface area contributed by atoms with Gasteiger partial charge in [-0.3, -0.25) is 0 Å². The Hall–Kier alpha value is 0.562. The van der Waals surface area contributed by atoms with Crippen LogP contribution in [0.5, 0.6) is 0 Å². The third kappa shape index (κ3) is 642. The van der Waals surface area contributed by atoms with Gasteiger partial charge in [-0.15, -0.1) is 0 Å². The van der Waals surface area contributed by atoms with E-state index in [1.54, 1.807) is 0 Å². The van der Waals surface area contributed by atoms with Crippen molar-refractivity contribution >= 4 is 7.82 Å². The molecule has 0 saturated carbocycles. The minimum atomic E-state index is -5.39. The molecule has 0 aliphatic carbocycles. The van der Waals surface area contributed by atoms with Crippen LogP contribution in [-0.2, 0) is 21.9 Å². The number of hydrogen-bond acceptors (Lipinski definition) is 4. The maximum atomic E-state index is 8.55. The Balaban J connectivity index is -0.0000000267. The van der Waals surface area contributed by atoms with E-state index in [4.69, 9.17) is 19.2 Å². The van der Waals surface area contributed by atoms with E-state index in [0.717, 1.165) is 0 Å². The summed E-state index contributed by atoms with van der Waals surface area (Å²) in [4.78, 5) is 25.6. The van der Waals surface area contributed by atoms with Crippen LogP contribution >= 0.6 is 7.82 Å². The van der Waals surface area contributed by atoms with Crippen molar-refractivity contribution in [2.24, 2.45) is 0 Å². The number of phosphoric acid groups is 1. The van der Waals surface area contributed by atoms with Crippen LogP contribution in [0.25, 0.3) is 0 Å². The normalized spacial score (nSPS) is 7.38. The second-order valence-corrected chi connectivity index (χ2v) is 1.34. The molecule has 0 aromatic heterocycles. The van der Waals surface area contributed by atoms with Crippen molar-refractivity contribution in [1.29, 1.82) is 0 Å². The minimum absolute atomic E-state index is 0. The van der Waals surface area contributed by atoms with Crippen molar-refractivity contribution in [3.8, 4) is 0 Å². The molecule has 6 nitrogen and oxygen atoms in total. The zero-order valence-corrected chi connectivity index (χ0v) is 5.66. The van der Waals surface area contributed by atoms with Gasteiger partial charge in [-0.05, 0) is 0 Å². The Kier molecular flexibility index (Phi) is 22.2. The second kappa shape index (κ2) is 7.56. The van der Waals surface area contributed by atoms with Crippen molar-refractivity contribution in [1.82, 2.24) is 0 Å². The molecule has 1 radical (unpaired) electrons. The van der Waals surface area contributed by atoms with Gasteiger partial charge in [-0.25, -0.2) is 0 Å². The Morgan fingerprint density at radius 1 is 1.00 bits per heavy atom. The van der Waals surface area contributed by atoms with Gasteiger partial charge in [0, 0.05) is 0 Å².